The van der Waals surface area contributed by atoms with E-state index in [0.717, 1.165) is 18.6 Å². The van der Waals surface area contributed by atoms with Crippen molar-refractivity contribution < 1.29 is 0 Å². The van der Waals surface area contributed by atoms with E-state index in [-0.39, 0.29) is 0 Å². The molecular weight excluding hydrogens is 136 g/mol. The summed E-state index contributed by atoms with van der Waals surface area (Å²) in [5.74, 6) is 0.947. The zero-order valence-corrected chi connectivity index (χ0v) is 7.34. The third-order valence-corrected chi connectivity index (χ3v) is 3.20. The maximum absolute atomic E-state index is 3.46. The van der Waals surface area contributed by atoms with Crippen LogP contribution in [0.5, 0.6) is 0 Å². The maximum atomic E-state index is 3.46. The molecule has 64 valence electrons. The molecule has 0 spiro atoms. The second kappa shape index (κ2) is 3.11. The van der Waals surface area contributed by atoms with Crippen LogP contribution >= 0.6 is 0 Å². The Kier molecular flexibility index (Phi) is 2.14. The number of nitrogens with one attached hydrogen (secondary N) is 1. The van der Waals surface area contributed by atoms with Crippen LogP contribution in [0, 0.1) is 5.92 Å². The van der Waals surface area contributed by atoms with E-state index in [2.05, 4.69) is 17.3 Å². The largest absolute Gasteiger partial charge is 0.304 e. The third-order valence-electron chi connectivity index (χ3n) is 3.20. The van der Waals surface area contributed by atoms with Crippen LogP contribution in [-0.4, -0.2) is 31.2 Å². The van der Waals surface area contributed by atoms with Gasteiger partial charge in [0, 0.05) is 19.3 Å². The Morgan fingerprint density at radius 3 is 2.91 bits per heavy atom. The molecule has 1 heterocycles. The Labute approximate surface area is 69.0 Å². The zero-order chi connectivity index (χ0) is 7.68. The highest BCUT2D eigenvalue weighted by molar-refractivity contribution is 4.86. The molecule has 1 aliphatic carbocycles. The van der Waals surface area contributed by atoms with Gasteiger partial charge in [-0.25, -0.2) is 0 Å². The van der Waals surface area contributed by atoms with E-state index in [4.69, 9.17) is 0 Å². The van der Waals surface area contributed by atoms with Gasteiger partial charge in [0.1, 0.15) is 0 Å². The van der Waals surface area contributed by atoms with Gasteiger partial charge in [-0.15, -0.1) is 0 Å². The van der Waals surface area contributed by atoms with Crippen molar-refractivity contribution >= 4 is 0 Å². The van der Waals surface area contributed by atoms with Crippen molar-refractivity contribution in [3.63, 3.8) is 0 Å². The number of fused-ring (bicyclic) bond motifs is 1. The fraction of sp³-hybridized carbons (Fsp3) is 1.00. The molecule has 1 saturated carbocycles. The van der Waals surface area contributed by atoms with Crippen LogP contribution in [-0.2, 0) is 0 Å². The summed E-state index contributed by atoms with van der Waals surface area (Å²) < 4.78 is 0. The Morgan fingerprint density at radius 1 is 1.27 bits per heavy atom. The lowest BCUT2D eigenvalue weighted by atomic mass is 9.83. The monoisotopic (exact) mass is 154 g/mol. The SMILES string of the molecule is CN1CNCC2CCCCC21. The molecule has 2 fully saturated rings. The molecule has 0 bridgehead atoms. The van der Waals surface area contributed by atoms with E-state index < -0.39 is 0 Å². The first kappa shape index (κ1) is 7.56. The normalized spacial score (nSPS) is 40.1. The summed E-state index contributed by atoms with van der Waals surface area (Å²) in [6, 6.07) is 0.894. The smallest absolute Gasteiger partial charge is 0.0480 e. The Balaban J connectivity index is 1.99. The first-order valence-corrected chi connectivity index (χ1v) is 4.79. The highest BCUT2D eigenvalue weighted by atomic mass is 15.3. The standard InChI is InChI=1S/C9H18N2/c1-11-7-10-6-8-4-2-3-5-9(8)11/h8-10H,2-7H2,1H3. The van der Waals surface area contributed by atoms with Crippen LogP contribution in [0.1, 0.15) is 25.7 Å². The number of hydrogen-bond acceptors (Lipinski definition) is 2. The van der Waals surface area contributed by atoms with Crippen molar-refractivity contribution in [2.45, 2.75) is 31.7 Å². The predicted octanol–water partition coefficient (Wildman–Crippen LogP) is 1.04. The van der Waals surface area contributed by atoms with Crippen molar-refractivity contribution in [2.24, 2.45) is 5.92 Å². The lowest BCUT2D eigenvalue weighted by molar-refractivity contribution is 0.0809. The molecule has 0 aromatic heterocycles. The topological polar surface area (TPSA) is 15.3 Å². The minimum absolute atomic E-state index is 0.894. The van der Waals surface area contributed by atoms with E-state index >= 15 is 0 Å². The van der Waals surface area contributed by atoms with Gasteiger partial charge < -0.3 is 5.32 Å². The van der Waals surface area contributed by atoms with Crippen molar-refractivity contribution in [1.82, 2.24) is 10.2 Å². The summed E-state index contributed by atoms with van der Waals surface area (Å²) in [5.41, 5.74) is 0. The lowest BCUT2D eigenvalue weighted by Gasteiger charge is -2.42. The molecule has 11 heavy (non-hydrogen) atoms. The molecule has 1 saturated heterocycles. The van der Waals surface area contributed by atoms with E-state index in [1.807, 2.05) is 0 Å². The highest BCUT2D eigenvalue weighted by Crippen LogP contribution is 2.28. The number of rotatable bonds is 0. The zero-order valence-electron chi connectivity index (χ0n) is 7.34. The molecule has 1 aliphatic heterocycles. The minimum atomic E-state index is 0.894. The van der Waals surface area contributed by atoms with Gasteiger partial charge in [0.25, 0.3) is 0 Å². The van der Waals surface area contributed by atoms with Crippen LogP contribution in [0.15, 0.2) is 0 Å². The van der Waals surface area contributed by atoms with Gasteiger partial charge in [0.05, 0.1) is 0 Å². The van der Waals surface area contributed by atoms with E-state index in [1.165, 1.54) is 32.2 Å². The fourth-order valence-corrected chi connectivity index (χ4v) is 2.55. The van der Waals surface area contributed by atoms with Crippen molar-refractivity contribution in [3.8, 4) is 0 Å². The van der Waals surface area contributed by atoms with E-state index in [0.29, 0.717) is 0 Å². The van der Waals surface area contributed by atoms with Crippen LogP contribution in [0.25, 0.3) is 0 Å². The number of nitrogens with zero attached hydrogens (tertiary/aromatic N) is 1. The summed E-state index contributed by atoms with van der Waals surface area (Å²) in [4.78, 5) is 2.48. The molecule has 2 aliphatic rings. The summed E-state index contributed by atoms with van der Waals surface area (Å²) in [5, 5.41) is 3.46. The Morgan fingerprint density at radius 2 is 2.09 bits per heavy atom. The molecule has 2 unspecified atom stereocenters. The number of hydrogen-bond donors (Lipinski definition) is 1. The highest BCUT2D eigenvalue weighted by Gasteiger charge is 2.30. The van der Waals surface area contributed by atoms with Gasteiger partial charge in [0.2, 0.25) is 0 Å². The predicted molar refractivity (Wildman–Crippen MR) is 46.4 cm³/mol. The summed E-state index contributed by atoms with van der Waals surface area (Å²) in [7, 11) is 2.25. The van der Waals surface area contributed by atoms with Crippen LogP contribution in [0.4, 0.5) is 0 Å². The second-order valence-electron chi connectivity index (χ2n) is 3.98. The molecule has 2 atom stereocenters. The van der Waals surface area contributed by atoms with Crippen LogP contribution in [0.3, 0.4) is 0 Å². The first-order chi connectivity index (χ1) is 5.38. The lowest BCUT2D eigenvalue weighted by Crippen LogP contribution is -2.53. The second-order valence-corrected chi connectivity index (χ2v) is 3.98. The van der Waals surface area contributed by atoms with Crippen molar-refractivity contribution in [1.29, 1.82) is 0 Å². The van der Waals surface area contributed by atoms with Gasteiger partial charge in [-0.3, -0.25) is 4.90 Å². The quantitative estimate of drug-likeness (QED) is 0.561. The molecule has 0 radical (unpaired) electrons. The molecule has 1 N–H and O–H groups in total. The van der Waals surface area contributed by atoms with E-state index in [1.54, 1.807) is 0 Å². The van der Waals surface area contributed by atoms with Gasteiger partial charge in [0.15, 0.2) is 0 Å². The maximum Gasteiger partial charge on any atom is 0.0480 e. The molecule has 0 aromatic rings. The van der Waals surface area contributed by atoms with Gasteiger partial charge in [-0.1, -0.05) is 12.8 Å². The summed E-state index contributed by atoms with van der Waals surface area (Å²) >= 11 is 0. The van der Waals surface area contributed by atoms with Gasteiger partial charge in [-0.2, -0.15) is 0 Å². The van der Waals surface area contributed by atoms with Gasteiger partial charge in [-0.05, 0) is 25.8 Å². The van der Waals surface area contributed by atoms with Gasteiger partial charge >= 0.3 is 0 Å². The Bertz CT molecular complexity index is 134. The van der Waals surface area contributed by atoms with Crippen molar-refractivity contribution in [3.05, 3.63) is 0 Å². The van der Waals surface area contributed by atoms with Crippen LogP contribution in [0.2, 0.25) is 0 Å². The van der Waals surface area contributed by atoms with E-state index in [9.17, 15) is 0 Å². The fourth-order valence-electron chi connectivity index (χ4n) is 2.55. The average Bonchev–Trinajstić information content (AvgIpc) is 2.06. The first-order valence-electron chi connectivity index (χ1n) is 4.79. The average molecular weight is 154 g/mol. The van der Waals surface area contributed by atoms with Crippen LogP contribution < -0.4 is 5.32 Å². The minimum Gasteiger partial charge on any atom is -0.304 e. The summed E-state index contributed by atoms with van der Waals surface area (Å²) in [6.07, 6.45) is 5.78. The molecule has 0 amide bonds. The molecule has 0 aromatic carbocycles. The molecule has 2 nitrogen and oxygen atoms in total. The summed E-state index contributed by atoms with van der Waals surface area (Å²) in [6.45, 7) is 2.36. The molecule has 2 rings (SSSR count). The molecule has 2 heteroatoms. The van der Waals surface area contributed by atoms with Crippen molar-refractivity contribution in [2.75, 3.05) is 20.3 Å². The third kappa shape index (κ3) is 1.42. The molecular formula is C9H18N2. The Hall–Kier alpha value is -0.0800.